The summed E-state index contributed by atoms with van der Waals surface area (Å²) in [6.45, 7) is 6.11. The lowest BCUT2D eigenvalue weighted by atomic mass is 10.1. The molecule has 1 unspecified atom stereocenters. The molecule has 1 atom stereocenters. The Morgan fingerprint density at radius 1 is 1.58 bits per heavy atom. The third-order valence-electron chi connectivity index (χ3n) is 1.78. The number of hydrogen-bond acceptors (Lipinski definition) is 3. The molecule has 0 aliphatic heterocycles. The molecule has 0 aliphatic rings. The Morgan fingerprint density at radius 2 is 2.08 bits per heavy atom. The molecule has 0 rings (SSSR count). The zero-order valence-corrected chi connectivity index (χ0v) is 8.33. The lowest BCUT2D eigenvalue weighted by Gasteiger charge is -2.29. The van der Waals surface area contributed by atoms with Gasteiger partial charge in [0.25, 0.3) is 0 Å². The van der Waals surface area contributed by atoms with Crippen LogP contribution in [0.5, 0.6) is 0 Å². The first kappa shape index (κ1) is 11.4. The fourth-order valence-corrected chi connectivity index (χ4v) is 1.05. The van der Waals surface area contributed by atoms with Crippen molar-refractivity contribution in [1.82, 2.24) is 4.90 Å². The zero-order valence-electron chi connectivity index (χ0n) is 8.33. The Kier molecular flexibility index (Phi) is 4.22. The van der Waals surface area contributed by atoms with Gasteiger partial charge in [0.05, 0.1) is 18.1 Å². The maximum absolute atomic E-state index is 9.48. The van der Waals surface area contributed by atoms with Crippen LogP contribution in [-0.4, -0.2) is 35.2 Å². The lowest BCUT2D eigenvalue weighted by molar-refractivity contribution is 0.0341. The van der Waals surface area contributed by atoms with Gasteiger partial charge in [-0.3, -0.25) is 4.90 Å². The van der Waals surface area contributed by atoms with Crippen LogP contribution in [0, 0.1) is 11.3 Å². The van der Waals surface area contributed by atoms with E-state index in [1.807, 2.05) is 18.9 Å². The van der Waals surface area contributed by atoms with Gasteiger partial charge in [-0.15, -0.1) is 0 Å². The number of hydrogen-bond donors (Lipinski definition) is 1. The Labute approximate surface area is 74.6 Å². The van der Waals surface area contributed by atoms with Crippen LogP contribution in [0.25, 0.3) is 0 Å². The Morgan fingerprint density at radius 3 is 2.42 bits per heavy atom. The minimum atomic E-state index is -0.682. The van der Waals surface area contributed by atoms with Crippen molar-refractivity contribution in [3.63, 3.8) is 0 Å². The first-order valence-corrected chi connectivity index (χ1v) is 4.16. The quantitative estimate of drug-likeness (QED) is 0.684. The van der Waals surface area contributed by atoms with Gasteiger partial charge < -0.3 is 5.11 Å². The first-order chi connectivity index (χ1) is 5.37. The summed E-state index contributed by atoms with van der Waals surface area (Å²) in [6, 6.07) is 2.32. The van der Waals surface area contributed by atoms with Crippen LogP contribution in [0.3, 0.4) is 0 Å². The minimum absolute atomic E-state index is 0.210. The van der Waals surface area contributed by atoms with Crippen molar-refractivity contribution in [3.8, 4) is 6.07 Å². The van der Waals surface area contributed by atoms with Crippen molar-refractivity contribution in [2.75, 3.05) is 13.6 Å². The van der Waals surface area contributed by atoms with Crippen molar-refractivity contribution in [1.29, 1.82) is 5.26 Å². The molecule has 0 radical (unpaired) electrons. The van der Waals surface area contributed by atoms with Crippen LogP contribution >= 0.6 is 0 Å². The van der Waals surface area contributed by atoms with E-state index in [2.05, 4.69) is 6.07 Å². The van der Waals surface area contributed by atoms with E-state index < -0.39 is 5.60 Å². The van der Waals surface area contributed by atoms with Crippen molar-refractivity contribution in [3.05, 3.63) is 0 Å². The fraction of sp³-hybridized carbons (Fsp3) is 0.889. The van der Waals surface area contributed by atoms with E-state index in [0.717, 1.165) is 0 Å². The van der Waals surface area contributed by atoms with Gasteiger partial charge in [0.15, 0.2) is 0 Å². The second-order valence-corrected chi connectivity index (χ2v) is 3.94. The van der Waals surface area contributed by atoms with Crippen LogP contribution in [0.15, 0.2) is 0 Å². The summed E-state index contributed by atoms with van der Waals surface area (Å²) in [6.07, 6.45) is 0.507. The molecule has 0 aliphatic carbocycles. The maximum atomic E-state index is 9.48. The standard InChI is InChI=1S/C9H18N2O/c1-8(5-6-10)11(4)7-9(2,3)12/h8,12H,5,7H2,1-4H3. The Bertz CT molecular complexity index is 166. The molecule has 1 N–H and O–H groups in total. The first-order valence-electron chi connectivity index (χ1n) is 4.16. The average Bonchev–Trinajstić information content (AvgIpc) is 1.84. The second kappa shape index (κ2) is 4.44. The van der Waals surface area contributed by atoms with Crippen molar-refractivity contribution in [2.24, 2.45) is 0 Å². The number of rotatable bonds is 4. The molecule has 0 spiro atoms. The monoisotopic (exact) mass is 170 g/mol. The molecule has 3 heteroatoms. The molecule has 0 aromatic rings. The van der Waals surface area contributed by atoms with Gasteiger partial charge in [-0.1, -0.05) is 0 Å². The molecular weight excluding hydrogens is 152 g/mol. The molecule has 12 heavy (non-hydrogen) atoms. The normalized spacial score (nSPS) is 14.4. The molecule has 0 saturated heterocycles. The van der Waals surface area contributed by atoms with Crippen LogP contribution in [0.2, 0.25) is 0 Å². The molecule has 0 amide bonds. The minimum Gasteiger partial charge on any atom is -0.389 e. The van der Waals surface area contributed by atoms with E-state index in [0.29, 0.717) is 13.0 Å². The van der Waals surface area contributed by atoms with Crippen LogP contribution in [0.4, 0.5) is 0 Å². The van der Waals surface area contributed by atoms with Crippen molar-refractivity contribution < 1.29 is 5.11 Å². The number of likely N-dealkylation sites (N-methyl/N-ethyl adjacent to an activating group) is 1. The Hall–Kier alpha value is -0.590. The summed E-state index contributed by atoms with van der Waals surface area (Å²) in [7, 11) is 1.92. The fourth-order valence-electron chi connectivity index (χ4n) is 1.05. The van der Waals surface area contributed by atoms with E-state index in [-0.39, 0.29) is 6.04 Å². The summed E-state index contributed by atoms with van der Waals surface area (Å²) >= 11 is 0. The van der Waals surface area contributed by atoms with Crippen molar-refractivity contribution in [2.45, 2.75) is 38.8 Å². The molecule has 0 aromatic carbocycles. The van der Waals surface area contributed by atoms with Crippen LogP contribution < -0.4 is 0 Å². The molecule has 0 fully saturated rings. The lowest BCUT2D eigenvalue weighted by Crippen LogP contribution is -2.40. The zero-order chi connectivity index (χ0) is 9.78. The number of aliphatic hydroxyl groups is 1. The highest BCUT2D eigenvalue weighted by Gasteiger charge is 2.18. The number of nitrogens with zero attached hydrogens (tertiary/aromatic N) is 2. The van der Waals surface area contributed by atoms with E-state index >= 15 is 0 Å². The van der Waals surface area contributed by atoms with Gasteiger partial charge >= 0.3 is 0 Å². The van der Waals surface area contributed by atoms with E-state index in [4.69, 9.17) is 5.26 Å². The van der Waals surface area contributed by atoms with Crippen molar-refractivity contribution >= 4 is 0 Å². The Balaban J connectivity index is 3.88. The molecule has 0 bridgehead atoms. The van der Waals surface area contributed by atoms with E-state index in [9.17, 15) is 5.11 Å². The molecule has 70 valence electrons. The highest BCUT2D eigenvalue weighted by molar-refractivity contribution is 4.81. The van der Waals surface area contributed by atoms with Gasteiger partial charge in [-0.25, -0.2) is 0 Å². The molecule has 0 saturated carbocycles. The SMILES string of the molecule is CC(CC#N)N(C)CC(C)(C)O. The predicted octanol–water partition coefficient (Wildman–Crippen LogP) is 0.991. The smallest absolute Gasteiger partial charge is 0.0718 e. The van der Waals surface area contributed by atoms with Gasteiger partial charge in [0.1, 0.15) is 0 Å². The third-order valence-corrected chi connectivity index (χ3v) is 1.78. The van der Waals surface area contributed by atoms with Gasteiger partial charge in [-0.2, -0.15) is 5.26 Å². The largest absolute Gasteiger partial charge is 0.389 e. The molecular formula is C9H18N2O. The third kappa shape index (κ3) is 5.11. The van der Waals surface area contributed by atoms with E-state index in [1.165, 1.54) is 0 Å². The average molecular weight is 170 g/mol. The van der Waals surface area contributed by atoms with Gasteiger partial charge in [-0.05, 0) is 27.8 Å². The topological polar surface area (TPSA) is 47.3 Å². The molecule has 0 aromatic heterocycles. The van der Waals surface area contributed by atoms with Crippen LogP contribution in [-0.2, 0) is 0 Å². The predicted molar refractivity (Wildman–Crippen MR) is 48.6 cm³/mol. The highest BCUT2D eigenvalue weighted by atomic mass is 16.3. The number of nitriles is 1. The summed E-state index contributed by atoms with van der Waals surface area (Å²) in [4.78, 5) is 1.99. The summed E-state index contributed by atoms with van der Waals surface area (Å²) < 4.78 is 0. The van der Waals surface area contributed by atoms with Crippen LogP contribution in [0.1, 0.15) is 27.2 Å². The summed E-state index contributed by atoms with van der Waals surface area (Å²) in [5.41, 5.74) is -0.682. The highest BCUT2D eigenvalue weighted by Crippen LogP contribution is 2.07. The summed E-state index contributed by atoms with van der Waals surface area (Å²) in [5.74, 6) is 0. The molecule has 0 heterocycles. The second-order valence-electron chi connectivity index (χ2n) is 3.94. The maximum Gasteiger partial charge on any atom is 0.0718 e. The molecule has 3 nitrogen and oxygen atoms in total. The summed E-state index contributed by atoms with van der Waals surface area (Å²) in [5, 5.41) is 17.9. The van der Waals surface area contributed by atoms with Gasteiger partial charge in [0.2, 0.25) is 0 Å². The van der Waals surface area contributed by atoms with E-state index in [1.54, 1.807) is 13.8 Å². The van der Waals surface area contributed by atoms with Gasteiger partial charge in [0, 0.05) is 12.6 Å².